The third-order valence-corrected chi connectivity index (χ3v) is 6.43. The number of allylic oxidation sites excluding steroid dienone is 1. The first-order chi connectivity index (χ1) is 15.5. The highest BCUT2D eigenvalue weighted by Crippen LogP contribution is 2.40. The fourth-order valence-corrected chi connectivity index (χ4v) is 4.94. The number of rotatable bonds is 4. The molecule has 0 fully saturated rings. The second kappa shape index (κ2) is 7.99. The van der Waals surface area contributed by atoms with Crippen LogP contribution in [-0.4, -0.2) is 20.3 Å². The summed E-state index contributed by atoms with van der Waals surface area (Å²) in [5.74, 6) is -0.0650. The maximum atomic E-state index is 11.2. The molecule has 0 amide bonds. The highest BCUT2D eigenvalue weighted by molar-refractivity contribution is 7.73. The highest BCUT2D eigenvalue weighted by atomic mass is 32.1. The largest absolute Gasteiger partial charge is 0.493 e. The maximum Gasteiger partial charge on any atom is 0.271 e. The zero-order valence-corrected chi connectivity index (χ0v) is 18.1. The Balaban J connectivity index is 1.66. The number of hydrogen-bond acceptors (Lipinski definition) is 6. The first-order valence-electron chi connectivity index (χ1n) is 9.68. The number of aromatic nitrogens is 1. The average molecular weight is 458 g/mol. The first-order valence-corrected chi connectivity index (χ1v) is 10.9. The van der Waals surface area contributed by atoms with E-state index in [1.807, 2.05) is 60.7 Å². The van der Waals surface area contributed by atoms with E-state index in [0.29, 0.717) is 14.5 Å². The Kier molecular flexibility index (Phi) is 5.01. The topological polar surface area (TPSA) is 80.7 Å². The van der Waals surface area contributed by atoms with Crippen LogP contribution >= 0.6 is 23.6 Å². The van der Waals surface area contributed by atoms with E-state index in [4.69, 9.17) is 17.2 Å². The molecule has 3 aromatic carbocycles. The third-order valence-electron chi connectivity index (χ3n) is 5.12. The van der Waals surface area contributed by atoms with Crippen molar-refractivity contribution in [1.82, 2.24) is 4.57 Å². The molecule has 1 N–H and O–H groups in total. The molecule has 1 aliphatic rings. The second-order valence-electron chi connectivity index (χ2n) is 7.07. The van der Waals surface area contributed by atoms with E-state index in [1.165, 1.54) is 28.0 Å². The zero-order chi connectivity index (χ0) is 22.2. The van der Waals surface area contributed by atoms with Gasteiger partial charge in [0.2, 0.25) is 5.88 Å². The lowest BCUT2D eigenvalue weighted by atomic mass is 9.97. The number of thiazole rings is 1. The van der Waals surface area contributed by atoms with Gasteiger partial charge in [0.05, 0.1) is 26.9 Å². The quantitative estimate of drug-likeness (QED) is 0.214. The molecule has 1 aliphatic heterocycles. The van der Waals surface area contributed by atoms with Crippen molar-refractivity contribution in [2.45, 2.75) is 0 Å². The SMILES string of the molecule is O=[N+]([O-])c1cccc(-n2c(O)c(C=C3C(c4ccccc4)=Nc4ccccc43)sc2=S)c1. The minimum Gasteiger partial charge on any atom is -0.493 e. The van der Waals surface area contributed by atoms with Crippen molar-refractivity contribution in [3.8, 4) is 11.6 Å². The fourth-order valence-electron chi connectivity index (χ4n) is 3.65. The van der Waals surface area contributed by atoms with Crippen LogP contribution in [-0.2, 0) is 0 Å². The lowest BCUT2D eigenvalue weighted by molar-refractivity contribution is -0.384. The molecule has 6 nitrogen and oxygen atoms in total. The molecule has 0 bridgehead atoms. The van der Waals surface area contributed by atoms with Gasteiger partial charge in [-0.2, -0.15) is 0 Å². The predicted molar refractivity (Wildman–Crippen MR) is 130 cm³/mol. The van der Waals surface area contributed by atoms with Crippen LogP contribution in [0.4, 0.5) is 11.4 Å². The van der Waals surface area contributed by atoms with Gasteiger partial charge in [0, 0.05) is 28.8 Å². The number of non-ortho nitro benzene ring substituents is 1. The highest BCUT2D eigenvalue weighted by Gasteiger charge is 2.23. The van der Waals surface area contributed by atoms with E-state index in [0.717, 1.165) is 28.1 Å². The van der Waals surface area contributed by atoms with Crippen molar-refractivity contribution in [2.75, 3.05) is 0 Å². The summed E-state index contributed by atoms with van der Waals surface area (Å²) in [6.07, 6.45) is 1.88. The second-order valence-corrected chi connectivity index (χ2v) is 8.75. The molecule has 0 atom stereocenters. The summed E-state index contributed by atoms with van der Waals surface area (Å²) >= 11 is 6.72. The van der Waals surface area contributed by atoms with Crippen molar-refractivity contribution >= 4 is 52.3 Å². The zero-order valence-electron chi connectivity index (χ0n) is 16.5. The van der Waals surface area contributed by atoms with E-state index >= 15 is 0 Å². The fraction of sp³-hybridized carbons (Fsp3) is 0. The summed E-state index contributed by atoms with van der Waals surface area (Å²) in [7, 11) is 0. The molecule has 8 heteroatoms. The van der Waals surface area contributed by atoms with E-state index in [2.05, 4.69) is 0 Å². The van der Waals surface area contributed by atoms with E-state index in [-0.39, 0.29) is 11.6 Å². The molecule has 4 aromatic rings. The Morgan fingerprint density at radius 2 is 1.78 bits per heavy atom. The van der Waals surface area contributed by atoms with Gasteiger partial charge in [-0.15, -0.1) is 11.3 Å². The van der Waals surface area contributed by atoms with Crippen LogP contribution in [0, 0.1) is 14.1 Å². The smallest absolute Gasteiger partial charge is 0.271 e. The van der Waals surface area contributed by atoms with Gasteiger partial charge in [-0.1, -0.05) is 54.6 Å². The molecule has 0 spiro atoms. The van der Waals surface area contributed by atoms with Crippen molar-refractivity contribution < 1.29 is 10.0 Å². The molecule has 2 heterocycles. The summed E-state index contributed by atoms with van der Waals surface area (Å²) in [5, 5.41) is 22.2. The Morgan fingerprint density at radius 1 is 1.03 bits per heavy atom. The Hall–Kier alpha value is -3.88. The summed E-state index contributed by atoms with van der Waals surface area (Å²) in [6.45, 7) is 0. The van der Waals surface area contributed by atoms with E-state index in [1.54, 1.807) is 12.1 Å². The van der Waals surface area contributed by atoms with Gasteiger partial charge in [-0.3, -0.25) is 14.7 Å². The number of para-hydroxylation sites is 1. The van der Waals surface area contributed by atoms with Crippen LogP contribution < -0.4 is 0 Å². The minimum atomic E-state index is -0.475. The van der Waals surface area contributed by atoms with Crippen molar-refractivity contribution in [3.05, 3.63) is 109 Å². The molecular formula is C24H15N3O3S2. The molecule has 0 unspecified atom stereocenters. The standard InChI is InChI=1S/C24H15N3O3S2/c28-23-21(32-24(31)26(23)16-9-6-10-17(13-16)27(29)30)14-19-18-11-4-5-12-20(18)25-22(19)15-7-2-1-3-8-15/h1-14,28H. The van der Waals surface area contributed by atoms with Gasteiger partial charge in [0.15, 0.2) is 3.95 Å². The number of nitrogens with zero attached hydrogens (tertiary/aromatic N) is 3. The number of hydrogen-bond donors (Lipinski definition) is 1. The van der Waals surface area contributed by atoms with Crippen molar-refractivity contribution in [2.24, 2.45) is 4.99 Å². The van der Waals surface area contributed by atoms with Crippen molar-refractivity contribution in [1.29, 1.82) is 0 Å². The van der Waals surface area contributed by atoms with Gasteiger partial charge in [-0.25, -0.2) is 4.99 Å². The Morgan fingerprint density at radius 3 is 2.56 bits per heavy atom. The lowest BCUT2D eigenvalue weighted by Gasteiger charge is -2.07. The summed E-state index contributed by atoms with van der Waals surface area (Å²) < 4.78 is 1.83. The number of benzene rings is 3. The molecule has 5 rings (SSSR count). The monoisotopic (exact) mass is 457 g/mol. The number of nitro groups is 1. The van der Waals surface area contributed by atoms with Gasteiger partial charge < -0.3 is 5.11 Å². The number of fused-ring (bicyclic) bond motifs is 1. The molecule has 1 aromatic heterocycles. The summed E-state index contributed by atoms with van der Waals surface area (Å²) in [6, 6.07) is 23.7. The van der Waals surface area contributed by atoms with E-state index in [9.17, 15) is 15.2 Å². The summed E-state index contributed by atoms with van der Waals surface area (Å²) in [4.78, 5) is 16.1. The predicted octanol–water partition coefficient (Wildman–Crippen LogP) is 6.56. The first kappa shape index (κ1) is 20.0. The maximum absolute atomic E-state index is 11.2. The van der Waals surface area contributed by atoms with Crippen LogP contribution in [0.5, 0.6) is 5.88 Å². The van der Waals surface area contributed by atoms with Gasteiger partial charge in [0.1, 0.15) is 0 Å². The molecule has 156 valence electrons. The third kappa shape index (κ3) is 3.45. The Labute approximate surface area is 192 Å². The molecule has 0 aliphatic carbocycles. The van der Waals surface area contributed by atoms with Crippen LogP contribution in [0.25, 0.3) is 17.3 Å². The van der Waals surface area contributed by atoms with Crippen LogP contribution in [0.15, 0.2) is 83.9 Å². The summed E-state index contributed by atoms with van der Waals surface area (Å²) in [5.41, 5.74) is 4.85. The molecular weight excluding hydrogens is 442 g/mol. The minimum absolute atomic E-state index is 0.0650. The van der Waals surface area contributed by atoms with Gasteiger partial charge in [0.25, 0.3) is 5.69 Å². The van der Waals surface area contributed by atoms with Crippen LogP contribution in [0.3, 0.4) is 0 Å². The van der Waals surface area contributed by atoms with Crippen molar-refractivity contribution in [3.63, 3.8) is 0 Å². The molecule has 32 heavy (non-hydrogen) atoms. The number of aliphatic imine (C=N–C) groups is 1. The lowest BCUT2D eigenvalue weighted by Crippen LogP contribution is -1.99. The van der Waals surface area contributed by atoms with Crippen LogP contribution in [0.2, 0.25) is 0 Å². The molecule has 0 saturated carbocycles. The normalized spacial score (nSPS) is 13.8. The van der Waals surface area contributed by atoms with Gasteiger partial charge in [-0.05, 0) is 30.4 Å². The number of nitro benzene ring substituents is 1. The molecule has 0 radical (unpaired) electrons. The van der Waals surface area contributed by atoms with Crippen LogP contribution in [0.1, 0.15) is 16.0 Å². The molecule has 0 saturated heterocycles. The average Bonchev–Trinajstić information content (AvgIpc) is 3.31. The number of aromatic hydroxyl groups is 1. The Bertz CT molecular complexity index is 1480. The van der Waals surface area contributed by atoms with Gasteiger partial charge >= 0.3 is 0 Å². The van der Waals surface area contributed by atoms with E-state index < -0.39 is 4.92 Å².